The highest BCUT2D eigenvalue weighted by Gasteiger charge is 2.29. The largest absolute Gasteiger partial charge is 0.394 e. The van der Waals surface area contributed by atoms with Crippen molar-refractivity contribution in [3.8, 4) is 0 Å². The fraction of sp³-hybridized carbons (Fsp3) is 0.625. The summed E-state index contributed by atoms with van der Waals surface area (Å²) in [4.78, 5) is 0. The van der Waals surface area contributed by atoms with Gasteiger partial charge >= 0.3 is 0 Å². The summed E-state index contributed by atoms with van der Waals surface area (Å²) in [6.45, 7) is 2.34. The van der Waals surface area contributed by atoms with Crippen LogP contribution in [0, 0.1) is 6.92 Å². The van der Waals surface area contributed by atoms with Crippen molar-refractivity contribution < 1.29 is 5.11 Å². The Hall–Kier alpha value is -1.02. The van der Waals surface area contributed by atoms with Crippen LogP contribution in [0.2, 0.25) is 0 Å². The van der Waals surface area contributed by atoms with Crippen LogP contribution >= 0.6 is 0 Å². The first-order chi connectivity index (χ1) is 8.74. The summed E-state index contributed by atoms with van der Waals surface area (Å²) in [6.07, 6.45) is 8.56. The van der Waals surface area contributed by atoms with Gasteiger partial charge in [0.25, 0.3) is 0 Å². The number of hydrogen-bond donors (Lipinski definition) is 2. The van der Waals surface area contributed by atoms with Gasteiger partial charge in [0.05, 0.1) is 12.1 Å². The van der Waals surface area contributed by atoms with Crippen LogP contribution in [0.15, 0.2) is 24.3 Å². The lowest BCUT2D eigenvalue weighted by Crippen LogP contribution is -2.42. The molecular formula is C16H25NO. The summed E-state index contributed by atoms with van der Waals surface area (Å²) >= 11 is 0. The Morgan fingerprint density at radius 1 is 1.00 bits per heavy atom. The normalized spacial score (nSPS) is 19.9. The SMILES string of the molecule is Cc1ccc(NC2(CO)CCCCCCC2)cc1. The van der Waals surface area contributed by atoms with E-state index in [2.05, 4.69) is 36.5 Å². The van der Waals surface area contributed by atoms with Gasteiger partial charge in [-0.1, -0.05) is 49.8 Å². The molecule has 100 valence electrons. The fourth-order valence-corrected chi connectivity index (χ4v) is 2.85. The Bertz CT molecular complexity index is 350. The number of nitrogens with one attached hydrogen (secondary N) is 1. The Balaban J connectivity index is 2.07. The van der Waals surface area contributed by atoms with Crippen LogP contribution in [-0.4, -0.2) is 17.3 Å². The van der Waals surface area contributed by atoms with Crippen molar-refractivity contribution in [1.82, 2.24) is 0 Å². The molecule has 2 rings (SSSR count). The van der Waals surface area contributed by atoms with Gasteiger partial charge in [0.15, 0.2) is 0 Å². The van der Waals surface area contributed by atoms with Crippen molar-refractivity contribution in [2.75, 3.05) is 11.9 Å². The van der Waals surface area contributed by atoms with Crippen LogP contribution in [0.3, 0.4) is 0 Å². The quantitative estimate of drug-likeness (QED) is 0.849. The van der Waals surface area contributed by atoms with Crippen LogP contribution in [0.25, 0.3) is 0 Å². The molecule has 2 heteroatoms. The molecule has 1 aliphatic carbocycles. The Labute approximate surface area is 110 Å². The second-order valence-electron chi connectivity index (χ2n) is 5.70. The van der Waals surface area contributed by atoms with Crippen LogP contribution in [0.4, 0.5) is 5.69 Å². The molecule has 1 aromatic rings. The third kappa shape index (κ3) is 3.49. The molecule has 0 aliphatic heterocycles. The first kappa shape index (κ1) is 13.4. The predicted molar refractivity (Wildman–Crippen MR) is 76.9 cm³/mol. The standard InChI is InChI=1S/C16H25NO/c1-14-7-9-15(10-8-14)17-16(13-18)11-5-3-2-4-6-12-16/h7-10,17-18H,2-6,11-13H2,1H3. The summed E-state index contributed by atoms with van der Waals surface area (Å²) in [5, 5.41) is 13.4. The van der Waals surface area contributed by atoms with Crippen LogP contribution < -0.4 is 5.32 Å². The number of rotatable bonds is 3. The van der Waals surface area contributed by atoms with E-state index in [1.54, 1.807) is 0 Å². The summed E-state index contributed by atoms with van der Waals surface area (Å²) in [5.74, 6) is 0. The van der Waals surface area contributed by atoms with Gasteiger partial charge in [-0.2, -0.15) is 0 Å². The van der Waals surface area contributed by atoms with E-state index in [9.17, 15) is 5.11 Å². The summed E-state index contributed by atoms with van der Waals surface area (Å²) in [7, 11) is 0. The smallest absolute Gasteiger partial charge is 0.0661 e. The van der Waals surface area contributed by atoms with Crippen LogP contribution in [-0.2, 0) is 0 Å². The van der Waals surface area contributed by atoms with E-state index in [1.807, 2.05) is 0 Å². The molecule has 1 aromatic carbocycles. The van der Waals surface area contributed by atoms with Gasteiger partial charge in [0.1, 0.15) is 0 Å². The molecule has 0 amide bonds. The van der Waals surface area contributed by atoms with Gasteiger partial charge in [-0.05, 0) is 31.9 Å². The minimum absolute atomic E-state index is 0.102. The monoisotopic (exact) mass is 247 g/mol. The highest BCUT2D eigenvalue weighted by molar-refractivity contribution is 5.46. The van der Waals surface area contributed by atoms with Gasteiger partial charge in [0, 0.05) is 5.69 Å². The summed E-state index contributed by atoms with van der Waals surface area (Å²) in [5.41, 5.74) is 2.31. The van der Waals surface area contributed by atoms with E-state index in [4.69, 9.17) is 0 Å². The maximum Gasteiger partial charge on any atom is 0.0661 e. The van der Waals surface area contributed by atoms with Crippen molar-refractivity contribution in [3.63, 3.8) is 0 Å². The average Bonchev–Trinajstić information content (AvgIpc) is 2.36. The molecule has 2 N–H and O–H groups in total. The van der Waals surface area contributed by atoms with Crippen molar-refractivity contribution in [3.05, 3.63) is 29.8 Å². The molecule has 1 saturated carbocycles. The zero-order chi connectivity index (χ0) is 12.8. The van der Waals surface area contributed by atoms with Crippen molar-refractivity contribution >= 4 is 5.69 Å². The topological polar surface area (TPSA) is 32.3 Å². The molecule has 0 unspecified atom stereocenters. The van der Waals surface area contributed by atoms with Gasteiger partial charge in [-0.15, -0.1) is 0 Å². The highest BCUT2D eigenvalue weighted by Crippen LogP contribution is 2.29. The van der Waals surface area contributed by atoms with E-state index in [0.29, 0.717) is 0 Å². The Morgan fingerprint density at radius 2 is 1.56 bits per heavy atom. The first-order valence-electron chi connectivity index (χ1n) is 7.20. The van der Waals surface area contributed by atoms with Crippen molar-refractivity contribution in [2.24, 2.45) is 0 Å². The summed E-state index contributed by atoms with van der Waals surface area (Å²) in [6, 6.07) is 8.48. The second kappa shape index (κ2) is 6.24. The second-order valence-corrected chi connectivity index (χ2v) is 5.70. The lowest BCUT2D eigenvalue weighted by molar-refractivity contribution is 0.182. The third-order valence-electron chi connectivity index (χ3n) is 4.07. The molecule has 0 spiro atoms. The fourth-order valence-electron chi connectivity index (χ4n) is 2.85. The molecule has 2 nitrogen and oxygen atoms in total. The number of anilines is 1. The molecule has 0 aromatic heterocycles. The lowest BCUT2D eigenvalue weighted by Gasteiger charge is -2.35. The van der Waals surface area contributed by atoms with E-state index in [0.717, 1.165) is 18.5 Å². The third-order valence-corrected chi connectivity index (χ3v) is 4.07. The molecule has 0 radical (unpaired) electrons. The number of aliphatic hydroxyl groups is 1. The Morgan fingerprint density at radius 3 is 2.11 bits per heavy atom. The number of aliphatic hydroxyl groups excluding tert-OH is 1. The maximum absolute atomic E-state index is 9.81. The van der Waals surface area contributed by atoms with Gasteiger partial charge < -0.3 is 10.4 Å². The zero-order valence-corrected chi connectivity index (χ0v) is 11.4. The maximum atomic E-state index is 9.81. The average molecular weight is 247 g/mol. The lowest BCUT2D eigenvalue weighted by atomic mass is 9.84. The first-order valence-corrected chi connectivity index (χ1v) is 7.20. The van der Waals surface area contributed by atoms with Crippen molar-refractivity contribution in [2.45, 2.75) is 57.4 Å². The minimum Gasteiger partial charge on any atom is -0.394 e. The molecule has 0 heterocycles. The molecule has 0 saturated heterocycles. The molecule has 0 bridgehead atoms. The molecule has 1 fully saturated rings. The molecular weight excluding hydrogens is 222 g/mol. The Kier molecular flexibility index (Phi) is 4.65. The minimum atomic E-state index is -0.102. The van der Waals surface area contributed by atoms with Gasteiger partial charge in [0.2, 0.25) is 0 Å². The van der Waals surface area contributed by atoms with E-state index in [1.165, 1.54) is 37.7 Å². The van der Waals surface area contributed by atoms with Crippen LogP contribution in [0.5, 0.6) is 0 Å². The predicted octanol–water partition coefficient (Wildman–Crippen LogP) is 3.88. The summed E-state index contributed by atoms with van der Waals surface area (Å²) < 4.78 is 0. The van der Waals surface area contributed by atoms with Crippen molar-refractivity contribution in [1.29, 1.82) is 0 Å². The van der Waals surface area contributed by atoms with E-state index < -0.39 is 0 Å². The molecule has 1 aliphatic rings. The molecule has 0 atom stereocenters. The molecule has 18 heavy (non-hydrogen) atoms. The van der Waals surface area contributed by atoms with E-state index >= 15 is 0 Å². The highest BCUT2D eigenvalue weighted by atomic mass is 16.3. The van der Waals surface area contributed by atoms with Gasteiger partial charge in [-0.25, -0.2) is 0 Å². The number of aryl methyl sites for hydroxylation is 1. The van der Waals surface area contributed by atoms with Gasteiger partial charge in [-0.3, -0.25) is 0 Å². The van der Waals surface area contributed by atoms with E-state index in [-0.39, 0.29) is 12.1 Å². The number of hydrogen-bond acceptors (Lipinski definition) is 2. The number of benzene rings is 1. The van der Waals surface area contributed by atoms with Crippen LogP contribution in [0.1, 0.15) is 50.5 Å². The zero-order valence-electron chi connectivity index (χ0n) is 11.4.